The molecule has 1 N–H and O–H groups in total. The fourth-order valence-electron chi connectivity index (χ4n) is 2.08. The van der Waals surface area contributed by atoms with Gasteiger partial charge in [0, 0.05) is 0 Å². The first-order valence-corrected chi connectivity index (χ1v) is 6.20. The maximum atomic E-state index is 6.03. The Labute approximate surface area is 98.0 Å². The van der Waals surface area contributed by atoms with E-state index in [1.807, 2.05) is 0 Å². The number of ether oxygens (including phenoxy) is 1. The zero-order chi connectivity index (χ0) is 11.4. The van der Waals surface area contributed by atoms with Gasteiger partial charge in [0.25, 0.3) is 0 Å². The molecule has 0 aromatic heterocycles. The molecule has 1 saturated heterocycles. The molecule has 1 heterocycles. The van der Waals surface area contributed by atoms with Crippen molar-refractivity contribution in [2.75, 3.05) is 13.1 Å². The maximum Gasteiger partial charge on any atom is 0.119 e. The molecule has 1 aliphatic rings. The Hall–Kier alpha value is -1.02. The van der Waals surface area contributed by atoms with Gasteiger partial charge in [0.15, 0.2) is 0 Å². The molecule has 1 aromatic carbocycles. The molecule has 16 heavy (non-hydrogen) atoms. The number of hydrogen-bond donors (Lipinski definition) is 1. The number of aryl methyl sites for hydroxylation is 2. The quantitative estimate of drug-likeness (QED) is 0.826. The highest BCUT2D eigenvalue weighted by Gasteiger charge is 2.13. The Morgan fingerprint density at radius 3 is 2.81 bits per heavy atom. The summed E-state index contributed by atoms with van der Waals surface area (Å²) in [6, 6.07) is 6.37. The highest BCUT2D eigenvalue weighted by Crippen LogP contribution is 2.20. The first-order chi connectivity index (χ1) is 7.75. The molecule has 88 valence electrons. The van der Waals surface area contributed by atoms with E-state index in [0.29, 0.717) is 6.10 Å². The van der Waals surface area contributed by atoms with Crippen LogP contribution in [-0.4, -0.2) is 19.2 Å². The van der Waals surface area contributed by atoms with E-state index < -0.39 is 0 Å². The Kier molecular flexibility index (Phi) is 3.83. The molecule has 2 heteroatoms. The van der Waals surface area contributed by atoms with Crippen LogP contribution < -0.4 is 10.1 Å². The maximum absolute atomic E-state index is 6.03. The van der Waals surface area contributed by atoms with Crippen molar-refractivity contribution in [2.24, 2.45) is 0 Å². The summed E-state index contributed by atoms with van der Waals surface area (Å²) in [6.45, 7) is 6.48. The molecule has 0 spiro atoms. The molecule has 2 nitrogen and oxygen atoms in total. The highest BCUT2D eigenvalue weighted by atomic mass is 16.5. The van der Waals surface area contributed by atoms with Crippen LogP contribution in [0.5, 0.6) is 5.75 Å². The lowest BCUT2D eigenvalue weighted by Gasteiger charge is -2.17. The lowest BCUT2D eigenvalue weighted by Crippen LogP contribution is -2.19. The molecule has 0 radical (unpaired) electrons. The lowest BCUT2D eigenvalue weighted by molar-refractivity contribution is 0.187. The summed E-state index contributed by atoms with van der Waals surface area (Å²) in [6.07, 6.45) is 3.89. The number of rotatable bonds is 2. The van der Waals surface area contributed by atoms with Crippen molar-refractivity contribution in [2.45, 2.75) is 39.2 Å². The zero-order valence-electron chi connectivity index (χ0n) is 10.3. The van der Waals surface area contributed by atoms with Crippen LogP contribution in [0.2, 0.25) is 0 Å². The molecule has 1 unspecified atom stereocenters. The van der Waals surface area contributed by atoms with Crippen LogP contribution in [0.1, 0.15) is 30.4 Å². The third-order valence-electron chi connectivity index (χ3n) is 3.30. The van der Waals surface area contributed by atoms with Crippen molar-refractivity contribution in [1.29, 1.82) is 0 Å². The third kappa shape index (κ3) is 2.99. The third-order valence-corrected chi connectivity index (χ3v) is 3.30. The Bertz CT molecular complexity index is 341. The number of nitrogens with one attached hydrogen (secondary N) is 1. The first kappa shape index (κ1) is 11.5. The number of benzene rings is 1. The van der Waals surface area contributed by atoms with E-state index in [2.05, 4.69) is 37.4 Å². The molecular weight excluding hydrogens is 198 g/mol. The van der Waals surface area contributed by atoms with E-state index in [-0.39, 0.29) is 0 Å². The zero-order valence-corrected chi connectivity index (χ0v) is 10.3. The molecule has 0 bridgehead atoms. The minimum atomic E-state index is 0.386. The molecule has 1 fully saturated rings. The van der Waals surface area contributed by atoms with Crippen LogP contribution in [-0.2, 0) is 0 Å². The molecule has 1 aliphatic heterocycles. The second-order valence-corrected chi connectivity index (χ2v) is 4.67. The predicted octanol–water partition coefficient (Wildman–Crippen LogP) is 2.82. The summed E-state index contributed by atoms with van der Waals surface area (Å²) >= 11 is 0. The van der Waals surface area contributed by atoms with Gasteiger partial charge < -0.3 is 10.1 Å². The summed E-state index contributed by atoms with van der Waals surface area (Å²) in [4.78, 5) is 0. The normalized spacial score (nSPS) is 21.5. The van der Waals surface area contributed by atoms with Crippen LogP contribution in [0.3, 0.4) is 0 Å². The van der Waals surface area contributed by atoms with Gasteiger partial charge in [-0.3, -0.25) is 0 Å². The van der Waals surface area contributed by atoms with Gasteiger partial charge in [-0.1, -0.05) is 6.07 Å². The molecule has 2 rings (SSSR count). The van der Waals surface area contributed by atoms with Gasteiger partial charge in [-0.05, 0) is 69.5 Å². The second kappa shape index (κ2) is 5.35. The summed E-state index contributed by atoms with van der Waals surface area (Å²) in [7, 11) is 0. The highest BCUT2D eigenvalue weighted by molar-refractivity contribution is 5.33. The fourth-order valence-corrected chi connectivity index (χ4v) is 2.08. The Morgan fingerprint density at radius 1 is 1.12 bits per heavy atom. The van der Waals surface area contributed by atoms with E-state index in [4.69, 9.17) is 4.74 Å². The van der Waals surface area contributed by atoms with Gasteiger partial charge in [-0.25, -0.2) is 0 Å². The predicted molar refractivity (Wildman–Crippen MR) is 67.1 cm³/mol. The van der Waals surface area contributed by atoms with Crippen LogP contribution in [0.4, 0.5) is 0 Å². The molecule has 1 atom stereocenters. The van der Waals surface area contributed by atoms with E-state index in [1.54, 1.807) is 0 Å². The average Bonchev–Trinajstić information content (AvgIpc) is 2.52. The van der Waals surface area contributed by atoms with Crippen LogP contribution in [0.15, 0.2) is 18.2 Å². The van der Waals surface area contributed by atoms with Gasteiger partial charge >= 0.3 is 0 Å². The summed E-state index contributed by atoms with van der Waals surface area (Å²) in [5.74, 6) is 1.02. The molecule has 0 aliphatic carbocycles. The topological polar surface area (TPSA) is 21.3 Å². The summed E-state index contributed by atoms with van der Waals surface area (Å²) < 4.78 is 6.03. The van der Waals surface area contributed by atoms with E-state index in [0.717, 1.165) is 25.3 Å². The van der Waals surface area contributed by atoms with Gasteiger partial charge in [-0.15, -0.1) is 0 Å². The van der Waals surface area contributed by atoms with E-state index >= 15 is 0 Å². The molecule has 0 amide bonds. The van der Waals surface area contributed by atoms with Gasteiger partial charge in [0.2, 0.25) is 0 Å². The van der Waals surface area contributed by atoms with Crippen molar-refractivity contribution >= 4 is 0 Å². The van der Waals surface area contributed by atoms with Crippen molar-refractivity contribution in [3.63, 3.8) is 0 Å². The molecule has 0 saturated carbocycles. The lowest BCUT2D eigenvalue weighted by atomic mass is 10.1. The molecular formula is C14H21NO. The summed E-state index contributed by atoms with van der Waals surface area (Å²) in [5, 5.41) is 3.40. The van der Waals surface area contributed by atoms with Crippen molar-refractivity contribution in [1.82, 2.24) is 5.32 Å². The van der Waals surface area contributed by atoms with Gasteiger partial charge in [0.1, 0.15) is 5.75 Å². The minimum absolute atomic E-state index is 0.386. The average molecular weight is 219 g/mol. The fraction of sp³-hybridized carbons (Fsp3) is 0.571. The largest absolute Gasteiger partial charge is 0.490 e. The van der Waals surface area contributed by atoms with Crippen molar-refractivity contribution in [3.05, 3.63) is 29.3 Å². The Morgan fingerprint density at radius 2 is 2.00 bits per heavy atom. The minimum Gasteiger partial charge on any atom is -0.490 e. The van der Waals surface area contributed by atoms with Crippen LogP contribution in [0.25, 0.3) is 0 Å². The standard InChI is InChI=1S/C14H21NO/c1-11-5-6-14(10-12(11)2)16-13-4-3-8-15-9-7-13/h5-6,10,13,15H,3-4,7-9H2,1-2H3. The SMILES string of the molecule is Cc1ccc(OC2CCCNCC2)cc1C. The first-order valence-electron chi connectivity index (χ1n) is 6.20. The Balaban J connectivity index is 1.99. The van der Waals surface area contributed by atoms with Gasteiger partial charge in [-0.2, -0.15) is 0 Å². The van der Waals surface area contributed by atoms with Gasteiger partial charge in [0.05, 0.1) is 6.10 Å². The van der Waals surface area contributed by atoms with E-state index in [1.165, 1.54) is 24.0 Å². The van der Waals surface area contributed by atoms with Crippen molar-refractivity contribution < 1.29 is 4.74 Å². The van der Waals surface area contributed by atoms with Crippen LogP contribution >= 0.6 is 0 Å². The van der Waals surface area contributed by atoms with Crippen molar-refractivity contribution in [3.8, 4) is 5.75 Å². The van der Waals surface area contributed by atoms with Crippen LogP contribution in [0, 0.1) is 13.8 Å². The number of hydrogen-bond acceptors (Lipinski definition) is 2. The smallest absolute Gasteiger partial charge is 0.119 e. The molecule has 1 aromatic rings. The second-order valence-electron chi connectivity index (χ2n) is 4.67. The van der Waals surface area contributed by atoms with E-state index in [9.17, 15) is 0 Å². The summed E-state index contributed by atoms with van der Waals surface area (Å²) in [5.41, 5.74) is 2.64. The monoisotopic (exact) mass is 219 g/mol.